The molecule has 1 aromatic heterocycles. The van der Waals surface area contributed by atoms with Crippen molar-refractivity contribution in [2.24, 2.45) is 0 Å². The summed E-state index contributed by atoms with van der Waals surface area (Å²) in [5.74, 6) is 0. The van der Waals surface area contributed by atoms with E-state index in [1.807, 2.05) is 6.92 Å². The molecular formula is C9H13N3O. The maximum Gasteiger partial charge on any atom is 0.321 e. The van der Waals surface area contributed by atoms with Gasteiger partial charge >= 0.3 is 6.03 Å². The SMILES string of the molecule is CCN(C)C(=O)Nc1cccnc1. The van der Waals surface area contributed by atoms with Crippen molar-refractivity contribution in [3.8, 4) is 0 Å². The normalized spacial score (nSPS) is 9.38. The highest BCUT2D eigenvalue weighted by molar-refractivity contribution is 5.88. The zero-order chi connectivity index (χ0) is 9.68. The van der Waals surface area contributed by atoms with Crippen LogP contribution in [0.1, 0.15) is 6.92 Å². The largest absolute Gasteiger partial charge is 0.328 e. The molecule has 0 aliphatic carbocycles. The van der Waals surface area contributed by atoms with Crippen molar-refractivity contribution in [2.75, 3.05) is 18.9 Å². The number of nitrogens with zero attached hydrogens (tertiary/aromatic N) is 2. The van der Waals surface area contributed by atoms with Gasteiger partial charge in [-0.1, -0.05) is 0 Å². The van der Waals surface area contributed by atoms with Crippen molar-refractivity contribution in [3.05, 3.63) is 24.5 Å². The summed E-state index contributed by atoms with van der Waals surface area (Å²) in [5.41, 5.74) is 0.716. The summed E-state index contributed by atoms with van der Waals surface area (Å²) in [7, 11) is 1.74. The van der Waals surface area contributed by atoms with Crippen molar-refractivity contribution >= 4 is 11.7 Å². The highest BCUT2D eigenvalue weighted by atomic mass is 16.2. The average Bonchev–Trinajstić information content (AvgIpc) is 2.18. The van der Waals surface area contributed by atoms with Crippen molar-refractivity contribution < 1.29 is 4.79 Å². The first kappa shape index (κ1) is 9.51. The first-order chi connectivity index (χ1) is 6.24. The van der Waals surface area contributed by atoms with Crippen LogP contribution in [0.3, 0.4) is 0 Å². The van der Waals surface area contributed by atoms with Crippen LogP contribution in [0.2, 0.25) is 0 Å². The Hall–Kier alpha value is -1.58. The lowest BCUT2D eigenvalue weighted by Crippen LogP contribution is -2.30. The van der Waals surface area contributed by atoms with Crippen molar-refractivity contribution in [1.82, 2.24) is 9.88 Å². The van der Waals surface area contributed by atoms with Gasteiger partial charge in [0.05, 0.1) is 11.9 Å². The van der Waals surface area contributed by atoms with Gasteiger partial charge in [-0.05, 0) is 19.1 Å². The Bertz CT molecular complexity index is 273. The minimum Gasteiger partial charge on any atom is -0.328 e. The van der Waals surface area contributed by atoms with Crippen molar-refractivity contribution in [3.63, 3.8) is 0 Å². The van der Waals surface area contributed by atoms with Gasteiger partial charge in [0.2, 0.25) is 0 Å². The Morgan fingerprint density at radius 1 is 1.69 bits per heavy atom. The van der Waals surface area contributed by atoms with E-state index in [9.17, 15) is 4.79 Å². The number of hydrogen-bond donors (Lipinski definition) is 1. The smallest absolute Gasteiger partial charge is 0.321 e. The summed E-state index contributed by atoms with van der Waals surface area (Å²) in [5, 5.41) is 2.72. The number of urea groups is 1. The summed E-state index contributed by atoms with van der Waals surface area (Å²) >= 11 is 0. The second kappa shape index (κ2) is 4.45. The zero-order valence-electron chi connectivity index (χ0n) is 7.82. The quantitative estimate of drug-likeness (QED) is 0.748. The molecule has 4 heteroatoms. The van der Waals surface area contributed by atoms with Gasteiger partial charge in [-0.25, -0.2) is 4.79 Å². The third-order valence-electron chi connectivity index (χ3n) is 1.73. The lowest BCUT2D eigenvalue weighted by atomic mass is 10.4. The molecule has 1 rings (SSSR count). The number of nitrogens with one attached hydrogen (secondary N) is 1. The van der Waals surface area contributed by atoms with Crippen LogP contribution in [0, 0.1) is 0 Å². The molecule has 0 fully saturated rings. The van der Waals surface area contributed by atoms with E-state index in [4.69, 9.17) is 0 Å². The molecule has 0 spiro atoms. The molecule has 0 radical (unpaired) electrons. The number of hydrogen-bond acceptors (Lipinski definition) is 2. The van der Waals surface area contributed by atoms with Gasteiger partial charge in [-0.2, -0.15) is 0 Å². The van der Waals surface area contributed by atoms with Crippen LogP contribution in [0.25, 0.3) is 0 Å². The molecular weight excluding hydrogens is 166 g/mol. The molecule has 0 atom stereocenters. The molecule has 0 saturated heterocycles. The lowest BCUT2D eigenvalue weighted by Gasteiger charge is -2.14. The van der Waals surface area contributed by atoms with Gasteiger partial charge < -0.3 is 10.2 Å². The van der Waals surface area contributed by atoms with E-state index in [0.717, 1.165) is 0 Å². The summed E-state index contributed by atoms with van der Waals surface area (Å²) < 4.78 is 0. The van der Waals surface area contributed by atoms with Crippen molar-refractivity contribution in [2.45, 2.75) is 6.92 Å². The Kier molecular flexibility index (Phi) is 3.25. The maximum absolute atomic E-state index is 11.3. The van der Waals surface area contributed by atoms with Crippen LogP contribution in [0.5, 0.6) is 0 Å². The number of pyridine rings is 1. The maximum atomic E-state index is 11.3. The molecule has 1 heterocycles. The number of carbonyl (C=O) groups excluding carboxylic acids is 1. The molecule has 0 aliphatic rings. The topological polar surface area (TPSA) is 45.2 Å². The number of aromatic nitrogens is 1. The van der Waals surface area contributed by atoms with Gasteiger partial charge in [-0.3, -0.25) is 4.98 Å². The number of anilines is 1. The summed E-state index contributed by atoms with van der Waals surface area (Å²) in [6, 6.07) is 3.46. The van der Waals surface area contributed by atoms with Gasteiger partial charge in [0, 0.05) is 19.8 Å². The lowest BCUT2D eigenvalue weighted by molar-refractivity contribution is 0.224. The molecule has 1 N–H and O–H groups in total. The number of amides is 2. The fourth-order valence-corrected chi connectivity index (χ4v) is 0.799. The van der Waals surface area contributed by atoms with Gasteiger partial charge in [0.25, 0.3) is 0 Å². The molecule has 70 valence electrons. The highest BCUT2D eigenvalue weighted by Gasteiger charge is 2.04. The monoisotopic (exact) mass is 179 g/mol. The molecule has 0 aliphatic heterocycles. The van der Waals surface area contributed by atoms with Gasteiger partial charge in [-0.15, -0.1) is 0 Å². The average molecular weight is 179 g/mol. The third kappa shape index (κ3) is 2.74. The summed E-state index contributed by atoms with van der Waals surface area (Å²) in [4.78, 5) is 16.8. The second-order valence-corrected chi connectivity index (χ2v) is 2.69. The number of rotatable bonds is 2. The van der Waals surface area contributed by atoms with E-state index >= 15 is 0 Å². The third-order valence-corrected chi connectivity index (χ3v) is 1.73. The van der Waals surface area contributed by atoms with Crippen LogP contribution >= 0.6 is 0 Å². The van der Waals surface area contributed by atoms with Crippen LogP contribution in [0.4, 0.5) is 10.5 Å². The number of carbonyl (C=O) groups is 1. The first-order valence-corrected chi connectivity index (χ1v) is 4.16. The van der Waals surface area contributed by atoms with Gasteiger partial charge in [0.15, 0.2) is 0 Å². The van der Waals surface area contributed by atoms with E-state index < -0.39 is 0 Å². The van der Waals surface area contributed by atoms with E-state index in [-0.39, 0.29) is 6.03 Å². The Morgan fingerprint density at radius 3 is 3.00 bits per heavy atom. The van der Waals surface area contributed by atoms with Crippen LogP contribution in [-0.2, 0) is 0 Å². The standard InChI is InChI=1S/C9H13N3O/c1-3-12(2)9(13)11-8-5-4-6-10-7-8/h4-7H,3H2,1-2H3,(H,11,13). The predicted octanol–water partition coefficient (Wildman–Crippen LogP) is 1.57. The fourth-order valence-electron chi connectivity index (χ4n) is 0.799. The Morgan fingerprint density at radius 2 is 2.46 bits per heavy atom. The summed E-state index contributed by atoms with van der Waals surface area (Å²) in [6.45, 7) is 2.61. The zero-order valence-corrected chi connectivity index (χ0v) is 7.82. The second-order valence-electron chi connectivity index (χ2n) is 2.69. The Balaban J connectivity index is 2.55. The molecule has 13 heavy (non-hydrogen) atoms. The highest BCUT2D eigenvalue weighted by Crippen LogP contribution is 2.03. The molecule has 0 aromatic carbocycles. The molecule has 4 nitrogen and oxygen atoms in total. The van der Waals surface area contributed by atoms with E-state index in [1.54, 1.807) is 36.5 Å². The summed E-state index contributed by atoms with van der Waals surface area (Å²) in [6.07, 6.45) is 3.28. The van der Waals surface area contributed by atoms with E-state index in [1.165, 1.54) is 0 Å². The van der Waals surface area contributed by atoms with Gasteiger partial charge in [0.1, 0.15) is 0 Å². The first-order valence-electron chi connectivity index (χ1n) is 4.16. The molecule has 2 amide bonds. The van der Waals surface area contributed by atoms with E-state index in [2.05, 4.69) is 10.3 Å². The van der Waals surface area contributed by atoms with Crippen LogP contribution < -0.4 is 5.32 Å². The fraction of sp³-hybridized carbons (Fsp3) is 0.333. The molecule has 0 saturated carbocycles. The van der Waals surface area contributed by atoms with Crippen LogP contribution in [0.15, 0.2) is 24.5 Å². The molecule has 1 aromatic rings. The van der Waals surface area contributed by atoms with Crippen molar-refractivity contribution in [1.29, 1.82) is 0 Å². The minimum atomic E-state index is -0.115. The predicted molar refractivity (Wildman–Crippen MR) is 51.6 cm³/mol. The molecule has 0 bridgehead atoms. The van der Waals surface area contributed by atoms with E-state index in [0.29, 0.717) is 12.2 Å². The minimum absolute atomic E-state index is 0.115. The molecule has 0 unspecified atom stereocenters. The Labute approximate surface area is 77.6 Å². The van der Waals surface area contributed by atoms with Crippen LogP contribution in [-0.4, -0.2) is 29.5 Å².